The second-order valence-electron chi connectivity index (χ2n) is 20.2. The van der Waals surface area contributed by atoms with E-state index in [9.17, 15) is 0 Å². The van der Waals surface area contributed by atoms with Gasteiger partial charge in [0.2, 0.25) is 0 Å². The molecule has 0 aromatic carbocycles. The van der Waals surface area contributed by atoms with E-state index in [0.717, 1.165) is 101 Å². The van der Waals surface area contributed by atoms with Crippen LogP contribution < -0.4 is 0 Å². The highest BCUT2D eigenvalue weighted by molar-refractivity contribution is 5.11. The van der Waals surface area contributed by atoms with E-state index in [1.807, 2.05) is 0 Å². The molecule has 9 saturated carbocycles. The van der Waals surface area contributed by atoms with Crippen molar-refractivity contribution in [2.75, 3.05) is 0 Å². The van der Waals surface area contributed by atoms with E-state index >= 15 is 0 Å². The molecule has 9 aliphatic carbocycles. The van der Waals surface area contributed by atoms with E-state index in [1.165, 1.54) is 6.42 Å². The van der Waals surface area contributed by atoms with Crippen LogP contribution in [0.4, 0.5) is 0 Å². The van der Waals surface area contributed by atoms with Gasteiger partial charge in [-0.25, -0.2) is 0 Å². The highest BCUT2D eigenvalue weighted by atomic mass is 15.3. The summed E-state index contributed by atoms with van der Waals surface area (Å²) in [5.74, 6) is 15.6. The van der Waals surface area contributed by atoms with Crippen LogP contribution in [0.25, 0.3) is 0 Å². The van der Waals surface area contributed by atoms with Crippen LogP contribution in [0.15, 0.2) is 0 Å². The lowest BCUT2D eigenvalue weighted by atomic mass is 9.59. The smallest absolute Gasteiger partial charge is 0.0164 e. The van der Waals surface area contributed by atoms with Gasteiger partial charge in [0.25, 0.3) is 0 Å². The molecule has 1 heterocycles. The fraction of sp³-hybridized carbons (Fsp3) is 1.00. The zero-order valence-corrected chi connectivity index (χ0v) is 29.4. The van der Waals surface area contributed by atoms with Gasteiger partial charge >= 0.3 is 0 Å². The standard InChI is InChI=1S/C44H71N/c1-2-9-28(10-3-1)33-23-30-17-18-31(24-34(30)26-33)37-15-8-12-32-25-35-27-36(20-22-38(35)43(32)37)45-42-16-7-6-14-40(42)41-21-19-29-11-4-5-13-39(29)44(41)45/h28-44H,1-27H2. The maximum atomic E-state index is 3.41. The largest absolute Gasteiger partial charge is 0.294 e. The topological polar surface area (TPSA) is 3.24 Å². The molecule has 0 aromatic heterocycles. The van der Waals surface area contributed by atoms with Crippen molar-refractivity contribution < 1.29 is 0 Å². The highest BCUT2D eigenvalue weighted by Gasteiger charge is 2.59. The lowest BCUT2D eigenvalue weighted by molar-refractivity contribution is -0.0204. The van der Waals surface area contributed by atoms with Crippen molar-refractivity contribution in [2.24, 2.45) is 82.9 Å². The zero-order valence-electron chi connectivity index (χ0n) is 29.4. The number of likely N-dealkylation sites (tertiary alicyclic amines) is 1. The van der Waals surface area contributed by atoms with E-state index in [-0.39, 0.29) is 0 Å². The van der Waals surface area contributed by atoms with Crippen molar-refractivity contribution in [3.8, 4) is 0 Å². The third-order valence-corrected chi connectivity index (χ3v) is 18.8. The number of hydrogen-bond acceptors (Lipinski definition) is 1. The Bertz CT molecular complexity index is 1030. The minimum atomic E-state index is 0.969. The van der Waals surface area contributed by atoms with Gasteiger partial charge in [0.15, 0.2) is 0 Å². The normalized spacial score (nSPS) is 55.2. The third-order valence-electron chi connectivity index (χ3n) is 18.8. The summed E-state index contributed by atoms with van der Waals surface area (Å²) in [4.78, 5) is 3.41. The van der Waals surface area contributed by atoms with Crippen molar-refractivity contribution in [2.45, 2.75) is 191 Å². The number of fused-ring (bicyclic) bond motifs is 9. The molecule has 1 saturated heterocycles. The molecule has 0 N–H and O–H groups in total. The molecule has 45 heavy (non-hydrogen) atoms. The predicted octanol–water partition coefficient (Wildman–Crippen LogP) is 11.7. The van der Waals surface area contributed by atoms with Gasteiger partial charge in [-0.05, 0) is 179 Å². The summed E-state index contributed by atoms with van der Waals surface area (Å²) >= 11 is 0. The van der Waals surface area contributed by atoms with Crippen LogP contribution in [0.3, 0.4) is 0 Å². The molecular formula is C44H71N. The van der Waals surface area contributed by atoms with E-state index in [4.69, 9.17) is 0 Å². The first kappa shape index (κ1) is 29.8. The van der Waals surface area contributed by atoms with Crippen LogP contribution in [-0.4, -0.2) is 23.0 Å². The fourth-order valence-corrected chi connectivity index (χ4v) is 17.4. The molecule has 16 unspecified atom stereocenters. The van der Waals surface area contributed by atoms with Gasteiger partial charge in [0.1, 0.15) is 0 Å². The van der Waals surface area contributed by atoms with E-state index in [2.05, 4.69) is 4.90 Å². The van der Waals surface area contributed by atoms with Crippen LogP contribution >= 0.6 is 0 Å². The summed E-state index contributed by atoms with van der Waals surface area (Å²) in [7, 11) is 0. The summed E-state index contributed by atoms with van der Waals surface area (Å²) in [5, 5.41) is 0. The molecule has 0 bridgehead atoms. The molecule has 1 aliphatic heterocycles. The maximum absolute atomic E-state index is 3.41. The summed E-state index contributed by atoms with van der Waals surface area (Å²) in [6, 6.07) is 2.97. The average molecular weight is 614 g/mol. The predicted molar refractivity (Wildman–Crippen MR) is 187 cm³/mol. The first-order valence-corrected chi connectivity index (χ1v) is 22.1. The third kappa shape index (κ3) is 5.12. The van der Waals surface area contributed by atoms with Crippen LogP contribution in [0, 0.1) is 82.9 Å². The Morgan fingerprint density at radius 1 is 0.289 bits per heavy atom. The second-order valence-corrected chi connectivity index (χ2v) is 20.2. The van der Waals surface area contributed by atoms with Crippen molar-refractivity contribution in [3.63, 3.8) is 0 Å². The average Bonchev–Trinajstić information content (AvgIpc) is 3.79. The molecule has 10 fully saturated rings. The Morgan fingerprint density at radius 3 is 1.82 bits per heavy atom. The lowest BCUT2D eigenvalue weighted by Crippen LogP contribution is -2.54. The maximum Gasteiger partial charge on any atom is 0.0164 e. The van der Waals surface area contributed by atoms with Gasteiger partial charge in [-0.1, -0.05) is 77.0 Å². The van der Waals surface area contributed by atoms with Crippen molar-refractivity contribution in [3.05, 3.63) is 0 Å². The molecule has 10 rings (SSSR count). The fourth-order valence-electron chi connectivity index (χ4n) is 17.4. The van der Waals surface area contributed by atoms with E-state index < -0.39 is 0 Å². The van der Waals surface area contributed by atoms with Gasteiger partial charge in [0.05, 0.1) is 0 Å². The molecule has 10 aliphatic rings. The minimum Gasteiger partial charge on any atom is -0.294 e. The van der Waals surface area contributed by atoms with Crippen LogP contribution in [0.2, 0.25) is 0 Å². The van der Waals surface area contributed by atoms with Crippen LogP contribution in [0.1, 0.15) is 173 Å². The molecule has 1 nitrogen and oxygen atoms in total. The van der Waals surface area contributed by atoms with Crippen molar-refractivity contribution >= 4 is 0 Å². The first-order valence-electron chi connectivity index (χ1n) is 22.1. The Kier molecular flexibility index (Phi) is 8.21. The van der Waals surface area contributed by atoms with Crippen LogP contribution in [0.5, 0.6) is 0 Å². The molecule has 1 heteroatoms. The Hall–Kier alpha value is -0.0400. The van der Waals surface area contributed by atoms with Gasteiger partial charge in [-0.15, -0.1) is 0 Å². The number of nitrogens with zero attached hydrogens (tertiary/aromatic N) is 1. The van der Waals surface area contributed by atoms with Crippen molar-refractivity contribution in [1.29, 1.82) is 0 Å². The minimum absolute atomic E-state index is 0.969. The quantitative estimate of drug-likeness (QED) is 0.306. The molecule has 0 aromatic rings. The Labute approximate surface area is 278 Å². The number of rotatable bonds is 3. The molecule has 0 amide bonds. The summed E-state index contributed by atoms with van der Waals surface area (Å²) in [6.07, 6.45) is 43.2. The lowest BCUT2D eigenvalue weighted by Gasteiger charge is -2.51. The SMILES string of the molecule is C1CCC(C2CC3CCC(C4CCCC5CC6CC(N7C8CCCCC8C8CCC9CCCCC9C87)CCC6C54)CC3C2)CC1. The van der Waals surface area contributed by atoms with Crippen LogP contribution in [-0.2, 0) is 0 Å². The molecule has 0 radical (unpaired) electrons. The highest BCUT2D eigenvalue weighted by Crippen LogP contribution is 2.63. The van der Waals surface area contributed by atoms with Gasteiger partial charge in [-0.2, -0.15) is 0 Å². The van der Waals surface area contributed by atoms with Gasteiger partial charge in [0, 0.05) is 18.1 Å². The Balaban J connectivity index is 0.841. The molecule has 252 valence electrons. The zero-order chi connectivity index (χ0) is 29.5. The van der Waals surface area contributed by atoms with Gasteiger partial charge in [-0.3, -0.25) is 4.90 Å². The molecule has 16 atom stereocenters. The van der Waals surface area contributed by atoms with E-state index in [0.29, 0.717) is 0 Å². The summed E-state index contributed by atoms with van der Waals surface area (Å²) in [5.41, 5.74) is 0. The van der Waals surface area contributed by atoms with Crippen molar-refractivity contribution in [1.82, 2.24) is 4.90 Å². The monoisotopic (exact) mass is 614 g/mol. The van der Waals surface area contributed by atoms with E-state index in [1.54, 1.807) is 167 Å². The second kappa shape index (κ2) is 12.4. The van der Waals surface area contributed by atoms with Gasteiger partial charge < -0.3 is 0 Å². The Morgan fingerprint density at radius 2 is 0.889 bits per heavy atom. The molecule has 0 spiro atoms. The number of hydrogen-bond donors (Lipinski definition) is 0. The molecular weight excluding hydrogens is 542 g/mol. The summed E-state index contributed by atoms with van der Waals surface area (Å²) in [6.45, 7) is 0. The summed E-state index contributed by atoms with van der Waals surface area (Å²) < 4.78 is 0. The first-order chi connectivity index (χ1) is 22.3.